The zero-order valence-electron chi connectivity index (χ0n) is 30.6. The molecule has 0 aromatic carbocycles. The van der Waals surface area contributed by atoms with Crippen LogP contribution in [0.5, 0.6) is 0 Å². The maximum absolute atomic E-state index is 13.5. The number of carbonyl (C=O) groups excluding carboxylic acids is 5. The molecule has 1 fully saturated rings. The first-order chi connectivity index (χ1) is 21.6. The second-order valence-electron chi connectivity index (χ2n) is 15.7. The normalized spacial score (nSPS) is 18.6. The molecule has 1 atom stereocenters. The summed E-state index contributed by atoms with van der Waals surface area (Å²) in [5.41, 5.74) is -3.54. The summed E-state index contributed by atoms with van der Waals surface area (Å²) in [6.07, 6.45) is 2.86. The molecule has 0 amide bonds. The van der Waals surface area contributed by atoms with E-state index in [0.29, 0.717) is 90.8 Å². The van der Waals surface area contributed by atoms with Crippen molar-refractivity contribution in [1.82, 2.24) is 14.7 Å². The minimum absolute atomic E-state index is 0.0346. The van der Waals surface area contributed by atoms with Crippen LogP contribution in [-0.4, -0.2) is 133 Å². The van der Waals surface area contributed by atoms with E-state index in [1.165, 1.54) is 0 Å². The first-order valence-corrected chi connectivity index (χ1v) is 16.6. The molecule has 0 bridgehead atoms. The number of nitrogens with zero attached hydrogens (tertiary/aromatic N) is 3. The van der Waals surface area contributed by atoms with Gasteiger partial charge in [0.2, 0.25) is 0 Å². The monoisotopic (exact) mass is 671 g/mol. The van der Waals surface area contributed by atoms with Gasteiger partial charge >= 0.3 is 11.9 Å². The van der Waals surface area contributed by atoms with Gasteiger partial charge in [-0.15, -0.1) is 0 Å². The molecule has 0 aromatic heterocycles. The molecule has 0 aromatic rings. The van der Waals surface area contributed by atoms with Crippen LogP contribution >= 0.6 is 0 Å². The molecule has 13 heteroatoms. The lowest BCUT2D eigenvalue weighted by Gasteiger charge is -2.47. The Balaban J connectivity index is 3.68. The number of unbranched alkanes of at least 4 members (excludes halogenated alkanes) is 1. The highest BCUT2D eigenvalue weighted by Gasteiger charge is 2.44. The molecule has 0 saturated carbocycles. The summed E-state index contributed by atoms with van der Waals surface area (Å²) in [5.74, 6) is -0.746. The smallest absolute Gasteiger partial charge is 0.320 e. The first-order valence-electron chi connectivity index (χ1n) is 16.6. The van der Waals surface area contributed by atoms with E-state index in [1.54, 1.807) is 0 Å². The van der Waals surface area contributed by atoms with Gasteiger partial charge in [-0.1, -0.05) is 0 Å². The Labute approximate surface area is 281 Å². The van der Waals surface area contributed by atoms with Gasteiger partial charge in [-0.05, 0) is 101 Å². The maximum atomic E-state index is 13.5. The van der Waals surface area contributed by atoms with Crippen LogP contribution in [0.25, 0.3) is 0 Å². The van der Waals surface area contributed by atoms with E-state index in [0.717, 1.165) is 0 Å². The molecule has 272 valence electrons. The van der Waals surface area contributed by atoms with Gasteiger partial charge in [-0.2, -0.15) is 0 Å². The molecule has 0 N–H and O–H groups in total. The van der Waals surface area contributed by atoms with E-state index in [-0.39, 0.29) is 25.7 Å². The summed E-state index contributed by atoms with van der Waals surface area (Å²) in [5, 5.41) is 0. The molecule has 1 aliphatic rings. The van der Waals surface area contributed by atoms with Gasteiger partial charge in [-0.25, -0.2) is 0 Å². The van der Waals surface area contributed by atoms with Gasteiger partial charge in [0.05, 0.1) is 19.7 Å². The van der Waals surface area contributed by atoms with E-state index in [9.17, 15) is 24.0 Å². The van der Waals surface area contributed by atoms with Crippen molar-refractivity contribution < 1.29 is 47.7 Å². The van der Waals surface area contributed by atoms with Crippen molar-refractivity contribution in [3.8, 4) is 0 Å². The van der Waals surface area contributed by atoms with Crippen molar-refractivity contribution in [3.63, 3.8) is 0 Å². The minimum Gasteiger partial charge on any atom is -0.468 e. The quantitative estimate of drug-likeness (QED) is 0.0763. The van der Waals surface area contributed by atoms with Crippen molar-refractivity contribution in [3.05, 3.63) is 0 Å². The molecule has 0 spiro atoms. The van der Waals surface area contributed by atoms with Gasteiger partial charge in [0.25, 0.3) is 19.4 Å². The molecule has 1 saturated heterocycles. The highest BCUT2D eigenvalue weighted by Crippen LogP contribution is 2.31. The topological polar surface area (TPSA) is 141 Å². The van der Waals surface area contributed by atoms with Crippen molar-refractivity contribution in [2.45, 2.75) is 129 Å². The average molecular weight is 672 g/mol. The molecular formula is C34H61N3O10. The summed E-state index contributed by atoms with van der Waals surface area (Å²) in [4.78, 5) is 66.3. The number of rotatable bonds is 21. The zero-order chi connectivity index (χ0) is 35.9. The number of hydrogen-bond acceptors (Lipinski definition) is 13. The lowest BCUT2D eigenvalue weighted by molar-refractivity contribution is -0.161. The Bertz CT molecular complexity index is 1010. The summed E-state index contributed by atoms with van der Waals surface area (Å²) >= 11 is 0. The van der Waals surface area contributed by atoms with E-state index in [2.05, 4.69) is 14.7 Å². The molecule has 1 rings (SSSR count). The third kappa shape index (κ3) is 17.8. The molecule has 1 heterocycles. The van der Waals surface area contributed by atoms with Crippen LogP contribution in [0.15, 0.2) is 0 Å². The summed E-state index contributed by atoms with van der Waals surface area (Å²) in [6.45, 7) is 23.0. The standard InChI is InChI=1S/C34H61N3O10/c1-30(2,3)46-28(41)21-36-19-18-35(16-14-32(7,8)44-26-39)23-34(24-36,13-11-12-20-43-25-38)37(17-15-33(9,10)45-27-40)22-29(42)47-31(4,5)6/h25-27H,11-24H2,1-10H3. The fraction of sp³-hybridized carbons (Fsp3) is 0.853. The van der Waals surface area contributed by atoms with Crippen LogP contribution in [0.4, 0.5) is 0 Å². The molecule has 1 unspecified atom stereocenters. The predicted molar refractivity (Wildman–Crippen MR) is 176 cm³/mol. The van der Waals surface area contributed by atoms with Gasteiger partial charge in [-0.3, -0.25) is 33.8 Å². The van der Waals surface area contributed by atoms with Gasteiger partial charge in [0.15, 0.2) is 0 Å². The van der Waals surface area contributed by atoms with Gasteiger partial charge in [0, 0.05) is 44.8 Å². The number of carbonyl (C=O) groups is 5. The van der Waals surface area contributed by atoms with Crippen LogP contribution < -0.4 is 0 Å². The van der Waals surface area contributed by atoms with Crippen LogP contribution in [0.1, 0.15) is 101 Å². The van der Waals surface area contributed by atoms with Gasteiger partial charge < -0.3 is 28.6 Å². The molecule has 1 aliphatic heterocycles. The van der Waals surface area contributed by atoms with E-state index in [1.807, 2.05) is 69.2 Å². The van der Waals surface area contributed by atoms with E-state index in [4.69, 9.17) is 23.7 Å². The Morgan fingerprint density at radius 1 is 0.723 bits per heavy atom. The van der Waals surface area contributed by atoms with Crippen molar-refractivity contribution in [1.29, 1.82) is 0 Å². The van der Waals surface area contributed by atoms with E-state index >= 15 is 0 Å². The third-order valence-corrected chi connectivity index (χ3v) is 7.92. The Morgan fingerprint density at radius 2 is 1.26 bits per heavy atom. The largest absolute Gasteiger partial charge is 0.468 e. The SMILES string of the molecule is CC(C)(C)OC(=O)CN1CCN(CCC(C)(C)OC=O)CC(CCCCOC=O)(N(CCC(C)(C)OC=O)CC(=O)OC(C)(C)C)C1. The number of esters is 2. The van der Waals surface area contributed by atoms with Crippen molar-refractivity contribution in [2.75, 3.05) is 59.0 Å². The minimum atomic E-state index is -0.802. The number of ether oxygens (including phenoxy) is 5. The molecule has 0 aliphatic carbocycles. The molecule has 47 heavy (non-hydrogen) atoms. The number of hydrogen-bond donors (Lipinski definition) is 0. The Kier molecular flexibility index (Phi) is 16.8. The predicted octanol–water partition coefficient (Wildman–Crippen LogP) is 3.35. The van der Waals surface area contributed by atoms with E-state index < -0.39 is 33.9 Å². The van der Waals surface area contributed by atoms with Crippen LogP contribution in [-0.2, 0) is 47.7 Å². The summed E-state index contributed by atoms with van der Waals surface area (Å²) < 4.78 is 27.2. The van der Waals surface area contributed by atoms with Crippen LogP contribution in [0.3, 0.4) is 0 Å². The van der Waals surface area contributed by atoms with Crippen LogP contribution in [0.2, 0.25) is 0 Å². The zero-order valence-corrected chi connectivity index (χ0v) is 30.6. The fourth-order valence-corrected chi connectivity index (χ4v) is 5.63. The highest BCUT2D eigenvalue weighted by molar-refractivity contribution is 5.72. The first kappa shape index (κ1) is 42.3. The van der Waals surface area contributed by atoms with Crippen molar-refractivity contribution in [2.24, 2.45) is 0 Å². The summed E-state index contributed by atoms with van der Waals surface area (Å²) in [7, 11) is 0. The lowest BCUT2D eigenvalue weighted by atomic mass is 9.87. The second-order valence-corrected chi connectivity index (χ2v) is 15.7. The van der Waals surface area contributed by atoms with Gasteiger partial charge in [0.1, 0.15) is 22.4 Å². The molecular weight excluding hydrogens is 610 g/mol. The highest BCUT2D eigenvalue weighted by atomic mass is 16.6. The molecule has 13 nitrogen and oxygen atoms in total. The Morgan fingerprint density at radius 3 is 1.81 bits per heavy atom. The molecule has 0 radical (unpaired) electrons. The maximum Gasteiger partial charge on any atom is 0.320 e. The van der Waals surface area contributed by atoms with Crippen molar-refractivity contribution >= 4 is 31.4 Å². The third-order valence-electron chi connectivity index (χ3n) is 7.92. The Hall–Kier alpha value is -2.77. The average Bonchev–Trinajstić information content (AvgIpc) is 3.07. The lowest BCUT2D eigenvalue weighted by Crippen LogP contribution is -2.62. The van der Waals surface area contributed by atoms with Crippen LogP contribution in [0, 0.1) is 0 Å². The second kappa shape index (κ2) is 18.7. The fourth-order valence-electron chi connectivity index (χ4n) is 5.63. The summed E-state index contributed by atoms with van der Waals surface area (Å²) in [6, 6.07) is 0.